The summed E-state index contributed by atoms with van der Waals surface area (Å²) in [4.78, 5) is 35.6. The van der Waals surface area contributed by atoms with Gasteiger partial charge in [-0.2, -0.15) is 5.11 Å². The second kappa shape index (κ2) is 14.8. The molecule has 3 N–H and O–H groups in total. The molecule has 208 valence electrons. The van der Waals surface area contributed by atoms with Crippen molar-refractivity contribution in [3.05, 3.63) is 95.6 Å². The molecular weight excluding hydrogens is 514 g/mol. The summed E-state index contributed by atoms with van der Waals surface area (Å²) in [6.07, 6.45) is 1.66. The average molecular weight is 546 g/mol. The van der Waals surface area contributed by atoms with Crippen molar-refractivity contribution in [2.24, 2.45) is 10.2 Å². The fourth-order valence-electron chi connectivity index (χ4n) is 3.48. The Morgan fingerprint density at radius 1 is 0.875 bits per heavy atom. The summed E-state index contributed by atoms with van der Waals surface area (Å²) < 4.78 is 9.98. The van der Waals surface area contributed by atoms with Crippen LogP contribution in [0.15, 0.2) is 89.1 Å². The molecule has 0 aliphatic rings. The van der Waals surface area contributed by atoms with E-state index in [4.69, 9.17) is 9.47 Å². The van der Waals surface area contributed by atoms with Crippen molar-refractivity contribution in [2.45, 2.75) is 26.2 Å². The first kappa shape index (κ1) is 29.6. The highest BCUT2D eigenvalue weighted by Gasteiger charge is 2.17. The van der Waals surface area contributed by atoms with Gasteiger partial charge in [-0.3, -0.25) is 4.79 Å². The Kier molecular flexibility index (Phi) is 11.0. The topological polar surface area (TPSA) is 147 Å². The molecule has 3 aromatic carbocycles. The predicted octanol–water partition coefficient (Wildman–Crippen LogP) is 5.91. The zero-order chi connectivity index (χ0) is 28.9. The number of aryl methyl sites for hydroxylation is 1. The lowest BCUT2D eigenvalue weighted by Crippen LogP contribution is -2.29. The van der Waals surface area contributed by atoms with E-state index in [2.05, 4.69) is 22.1 Å². The largest absolute Gasteiger partial charge is 0.507 e. The Morgan fingerprint density at radius 3 is 2.30 bits per heavy atom. The molecule has 0 aliphatic carbocycles. The number of nitrogens with one attached hydrogen (secondary N) is 1. The van der Waals surface area contributed by atoms with Gasteiger partial charge in [-0.1, -0.05) is 49.0 Å². The normalized spacial score (nSPS) is 10.7. The number of rotatable bonds is 13. The molecule has 10 nitrogen and oxygen atoms in total. The molecule has 0 atom stereocenters. The molecular formula is C30H31N3O7. The monoisotopic (exact) mass is 545 g/mol. The number of ether oxygens (including phenoxy) is 2. The highest BCUT2D eigenvalue weighted by atomic mass is 16.6. The van der Waals surface area contributed by atoms with Gasteiger partial charge < -0.3 is 25.0 Å². The second-order valence-corrected chi connectivity index (χ2v) is 8.86. The van der Waals surface area contributed by atoms with Gasteiger partial charge in [-0.05, 0) is 49.9 Å². The van der Waals surface area contributed by atoms with E-state index < -0.39 is 17.8 Å². The standard InChI is InChI=1S/C30H31N3O7/c1-20(2)29(37)39-17-15-31-30(38)40-16-7-6-8-21-11-13-23(14-12-21)32-33-25-18-24(26(34)19-27(25)35)28(36)22-9-4-3-5-10-22/h3-5,9-14,18-19,34-35H,1,6-8,15-17H2,2H3,(H,31,38). The lowest BCUT2D eigenvalue weighted by molar-refractivity contribution is -0.138. The summed E-state index contributed by atoms with van der Waals surface area (Å²) in [5, 5.41) is 31.0. The van der Waals surface area contributed by atoms with Crippen LogP contribution < -0.4 is 5.32 Å². The number of phenolic OH excluding ortho intramolecular Hbond substituents is 2. The minimum Gasteiger partial charge on any atom is -0.507 e. The number of aromatic hydroxyl groups is 2. The van der Waals surface area contributed by atoms with Crippen LogP contribution in [0.1, 0.15) is 41.3 Å². The molecule has 1 amide bonds. The molecule has 0 saturated heterocycles. The van der Waals surface area contributed by atoms with E-state index >= 15 is 0 Å². The van der Waals surface area contributed by atoms with E-state index in [1.54, 1.807) is 49.4 Å². The van der Waals surface area contributed by atoms with E-state index in [0.717, 1.165) is 24.5 Å². The van der Waals surface area contributed by atoms with Crippen LogP contribution in [0.2, 0.25) is 0 Å². The molecule has 3 aromatic rings. The summed E-state index contributed by atoms with van der Waals surface area (Å²) in [5.74, 6) is -1.55. The molecule has 0 aromatic heterocycles. The van der Waals surface area contributed by atoms with Gasteiger partial charge in [0.15, 0.2) is 5.78 Å². The molecule has 0 unspecified atom stereocenters. The summed E-state index contributed by atoms with van der Waals surface area (Å²) in [5.41, 5.74) is 2.36. The SMILES string of the molecule is C=C(C)C(=O)OCCNC(=O)OCCCCc1ccc(N=Nc2cc(C(=O)c3ccccc3)c(O)cc2O)cc1. The maximum Gasteiger partial charge on any atom is 0.407 e. The lowest BCUT2D eigenvalue weighted by atomic mass is 10.0. The Hall–Kier alpha value is -4.99. The average Bonchev–Trinajstić information content (AvgIpc) is 2.95. The van der Waals surface area contributed by atoms with Crippen molar-refractivity contribution in [1.29, 1.82) is 0 Å². The third-order valence-corrected chi connectivity index (χ3v) is 5.63. The molecule has 3 rings (SSSR count). The maximum absolute atomic E-state index is 12.7. The Labute approximate surface area is 232 Å². The molecule has 0 bridgehead atoms. The Balaban J connectivity index is 1.43. The Morgan fingerprint density at radius 2 is 1.60 bits per heavy atom. The van der Waals surface area contributed by atoms with E-state index in [-0.39, 0.29) is 42.5 Å². The number of esters is 1. The molecule has 0 radical (unpaired) electrons. The summed E-state index contributed by atoms with van der Waals surface area (Å²) in [6.45, 7) is 5.47. The number of benzene rings is 3. The highest BCUT2D eigenvalue weighted by molar-refractivity contribution is 6.11. The lowest BCUT2D eigenvalue weighted by Gasteiger charge is -2.08. The minimum absolute atomic E-state index is 0.0128. The first-order chi connectivity index (χ1) is 19.2. The van der Waals surface area contributed by atoms with Gasteiger partial charge in [0.25, 0.3) is 0 Å². The van der Waals surface area contributed by atoms with Crippen molar-refractivity contribution in [1.82, 2.24) is 5.32 Å². The van der Waals surface area contributed by atoms with Gasteiger partial charge in [0, 0.05) is 17.2 Å². The van der Waals surface area contributed by atoms with Gasteiger partial charge in [-0.15, -0.1) is 5.11 Å². The number of carbonyl (C=O) groups excluding carboxylic acids is 3. The van der Waals surface area contributed by atoms with Crippen LogP contribution in [0.3, 0.4) is 0 Å². The number of amides is 1. The molecule has 10 heteroatoms. The zero-order valence-electron chi connectivity index (χ0n) is 22.1. The third-order valence-electron chi connectivity index (χ3n) is 5.63. The van der Waals surface area contributed by atoms with E-state index in [1.165, 1.54) is 6.07 Å². The minimum atomic E-state index is -0.572. The van der Waals surface area contributed by atoms with Crippen molar-refractivity contribution in [3.63, 3.8) is 0 Å². The van der Waals surface area contributed by atoms with Crippen LogP contribution in [-0.2, 0) is 20.7 Å². The van der Waals surface area contributed by atoms with Gasteiger partial charge >= 0.3 is 12.1 Å². The maximum atomic E-state index is 12.7. The van der Waals surface area contributed by atoms with Crippen molar-refractivity contribution < 1.29 is 34.1 Å². The van der Waals surface area contributed by atoms with Crippen molar-refractivity contribution in [3.8, 4) is 11.5 Å². The van der Waals surface area contributed by atoms with Crippen molar-refractivity contribution >= 4 is 29.2 Å². The fraction of sp³-hybridized carbons (Fsp3) is 0.233. The fourth-order valence-corrected chi connectivity index (χ4v) is 3.48. The van der Waals surface area contributed by atoms with Crippen LogP contribution in [0, 0.1) is 0 Å². The first-order valence-corrected chi connectivity index (χ1v) is 12.6. The van der Waals surface area contributed by atoms with Crippen LogP contribution >= 0.6 is 0 Å². The number of ketones is 1. The van der Waals surface area contributed by atoms with Crippen LogP contribution in [-0.4, -0.2) is 47.8 Å². The Bertz CT molecular complexity index is 1370. The summed E-state index contributed by atoms with van der Waals surface area (Å²) >= 11 is 0. The number of hydrogen-bond acceptors (Lipinski definition) is 9. The summed E-state index contributed by atoms with van der Waals surface area (Å²) in [6, 6.07) is 18.2. The zero-order valence-corrected chi connectivity index (χ0v) is 22.1. The molecule has 40 heavy (non-hydrogen) atoms. The summed E-state index contributed by atoms with van der Waals surface area (Å²) in [7, 11) is 0. The first-order valence-electron chi connectivity index (χ1n) is 12.6. The number of unbranched alkanes of at least 4 members (excludes halogenated alkanes) is 1. The van der Waals surface area contributed by atoms with Crippen LogP contribution in [0.25, 0.3) is 0 Å². The molecule has 0 aliphatic heterocycles. The van der Waals surface area contributed by atoms with Gasteiger partial charge in [0.2, 0.25) is 0 Å². The van der Waals surface area contributed by atoms with Crippen LogP contribution in [0.4, 0.5) is 16.2 Å². The third kappa shape index (κ3) is 9.09. The molecule has 0 saturated carbocycles. The molecule has 0 spiro atoms. The van der Waals surface area contributed by atoms with Crippen molar-refractivity contribution in [2.75, 3.05) is 19.8 Å². The number of azo groups is 1. The number of nitrogens with zero attached hydrogens (tertiary/aromatic N) is 2. The second-order valence-electron chi connectivity index (χ2n) is 8.86. The van der Waals surface area contributed by atoms with E-state index in [9.17, 15) is 24.6 Å². The van der Waals surface area contributed by atoms with Gasteiger partial charge in [0.05, 0.1) is 24.4 Å². The predicted molar refractivity (Wildman–Crippen MR) is 148 cm³/mol. The number of alkyl carbamates (subject to hydrolysis) is 1. The van der Waals surface area contributed by atoms with Crippen LogP contribution in [0.5, 0.6) is 11.5 Å². The van der Waals surface area contributed by atoms with Gasteiger partial charge in [-0.25, -0.2) is 9.59 Å². The highest BCUT2D eigenvalue weighted by Crippen LogP contribution is 2.35. The molecule has 0 heterocycles. The number of hydrogen-bond donors (Lipinski definition) is 3. The number of carbonyl (C=O) groups is 3. The number of phenols is 2. The van der Waals surface area contributed by atoms with E-state index in [1.807, 2.05) is 12.1 Å². The van der Waals surface area contributed by atoms with E-state index in [0.29, 0.717) is 23.2 Å². The van der Waals surface area contributed by atoms with Gasteiger partial charge in [0.1, 0.15) is 23.8 Å². The molecule has 0 fully saturated rings. The quantitative estimate of drug-likeness (QED) is 0.0795. The smallest absolute Gasteiger partial charge is 0.407 e.